The van der Waals surface area contributed by atoms with Crippen LogP contribution in [0.1, 0.15) is 41.8 Å². The maximum absolute atomic E-state index is 13.8. The van der Waals surface area contributed by atoms with Gasteiger partial charge in [0.25, 0.3) is 0 Å². The van der Waals surface area contributed by atoms with Gasteiger partial charge in [0.05, 0.1) is 16.7 Å². The molecular formula is C21H18F2N4O3. The lowest BCUT2D eigenvalue weighted by molar-refractivity contribution is 0.0999. The molecule has 1 atom stereocenters. The summed E-state index contributed by atoms with van der Waals surface area (Å²) in [7, 11) is 0. The summed E-state index contributed by atoms with van der Waals surface area (Å²) in [4.78, 5) is 35.5. The van der Waals surface area contributed by atoms with Gasteiger partial charge in [-0.05, 0) is 37.6 Å². The van der Waals surface area contributed by atoms with Gasteiger partial charge in [-0.2, -0.15) is 0 Å². The van der Waals surface area contributed by atoms with E-state index >= 15 is 0 Å². The third-order valence-electron chi connectivity index (χ3n) is 4.86. The molecule has 0 spiro atoms. The van der Waals surface area contributed by atoms with Gasteiger partial charge in [0.1, 0.15) is 12.6 Å². The second kappa shape index (κ2) is 7.66. The number of rotatable bonds is 4. The molecule has 1 aliphatic rings. The Morgan fingerprint density at radius 3 is 2.70 bits per heavy atom. The fourth-order valence-corrected chi connectivity index (χ4v) is 3.15. The van der Waals surface area contributed by atoms with Crippen LogP contribution < -0.4 is 5.32 Å². The van der Waals surface area contributed by atoms with Crippen LogP contribution in [-0.2, 0) is 4.74 Å². The zero-order valence-electron chi connectivity index (χ0n) is 16.3. The van der Waals surface area contributed by atoms with Crippen molar-refractivity contribution in [3.63, 3.8) is 0 Å². The normalized spacial score (nSPS) is 14.3. The summed E-state index contributed by atoms with van der Waals surface area (Å²) in [5, 5.41) is 2.54. The van der Waals surface area contributed by atoms with Gasteiger partial charge in [0.2, 0.25) is 5.95 Å². The number of aromatic amines is 1. The highest BCUT2D eigenvalue weighted by Crippen LogP contribution is 2.25. The van der Waals surface area contributed by atoms with Gasteiger partial charge >= 0.3 is 6.09 Å². The van der Waals surface area contributed by atoms with E-state index in [9.17, 15) is 18.4 Å². The Morgan fingerprint density at radius 1 is 1.23 bits per heavy atom. The van der Waals surface area contributed by atoms with Crippen molar-refractivity contribution in [2.75, 3.05) is 11.9 Å². The van der Waals surface area contributed by atoms with Crippen LogP contribution in [0.4, 0.5) is 19.5 Å². The van der Waals surface area contributed by atoms with Crippen LogP contribution in [0.2, 0.25) is 0 Å². The number of anilines is 1. The summed E-state index contributed by atoms with van der Waals surface area (Å²) in [5.74, 6) is -2.29. The van der Waals surface area contributed by atoms with Crippen LogP contribution in [-0.4, -0.2) is 40.2 Å². The van der Waals surface area contributed by atoms with Crippen molar-refractivity contribution in [2.24, 2.45) is 4.99 Å². The van der Waals surface area contributed by atoms with Crippen molar-refractivity contribution in [1.82, 2.24) is 9.97 Å². The number of aromatic nitrogens is 2. The van der Waals surface area contributed by atoms with E-state index in [1.165, 1.54) is 0 Å². The number of imidazole rings is 1. The van der Waals surface area contributed by atoms with Gasteiger partial charge in [-0.1, -0.05) is 13.0 Å². The average molecular weight is 412 g/mol. The van der Waals surface area contributed by atoms with E-state index in [-0.39, 0.29) is 35.5 Å². The number of amides is 1. The third-order valence-corrected chi connectivity index (χ3v) is 4.86. The van der Waals surface area contributed by atoms with E-state index in [2.05, 4.69) is 20.3 Å². The fourth-order valence-electron chi connectivity index (χ4n) is 3.15. The molecule has 2 aromatic carbocycles. The fraction of sp³-hybridized carbons (Fsp3) is 0.238. The third kappa shape index (κ3) is 3.66. The van der Waals surface area contributed by atoms with Crippen molar-refractivity contribution < 1.29 is 23.1 Å². The van der Waals surface area contributed by atoms with E-state index in [4.69, 9.17) is 4.74 Å². The Balaban J connectivity index is 1.66. The van der Waals surface area contributed by atoms with Gasteiger partial charge in [-0.15, -0.1) is 0 Å². The summed E-state index contributed by atoms with van der Waals surface area (Å²) in [6, 6.07) is 7.01. The summed E-state index contributed by atoms with van der Waals surface area (Å²) in [6.07, 6.45) is -0.156. The molecule has 30 heavy (non-hydrogen) atoms. The Morgan fingerprint density at radius 2 is 1.97 bits per heavy atom. The Kier molecular flexibility index (Phi) is 5.03. The number of nitrogens with one attached hydrogen (secondary N) is 2. The lowest BCUT2D eigenvalue weighted by atomic mass is 9.92. The van der Waals surface area contributed by atoms with Crippen LogP contribution in [0.3, 0.4) is 0 Å². The van der Waals surface area contributed by atoms with E-state index < -0.39 is 17.7 Å². The summed E-state index contributed by atoms with van der Waals surface area (Å²) in [6.45, 7) is 3.54. The Hall–Kier alpha value is -3.62. The number of H-pyrrole nitrogens is 1. The molecule has 0 radical (unpaired) electrons. The number of hydrogen-bond acceptors (Lipinski definition) is 5. The zero-order chi connectivity index (χ0) is 21.4. The molecule has 1 unspecified atom stereocenters. The highest BCUT2D eigenvalue weighted by molar-refractivity contribution is 6.22. The van der Waals surface area contributed by atoms with Gasteiger partial charge in [0, 0.05) is 16.7 Å². The molecule has 0 fully saturated rings. The van der Waals surface area contributed by atoms with Crippen molar-refractivity contribution in [2.45, 2.75) is 26.4 Å². The molecule has 0 saturated heterocycles. The second-order valence-corrected chi connectivity index (χ2v) is 6.97. The van der Waals surface area contributed by atoms with E-state index in [1.807, 2.05) is 6.92 Å². The van der Waals surface area contributed by atoms with Gasteiger partial charge in [-0.25, -0.2) is 18.6 Å². The molecule has 154 valence electrons. The van der Waals surface area contributed by atoms with Crippen LogP contribution in [0.15, 0.2) is 35.3 Å². The number of Topliss-reactive ketones (excluding diaryl/α,β-unsaturated/α-hetero) is 1. The smallest absolute Gasteiger partial charge is 0.414 e. The van der Waals surface area contributed by atoms with E-state index in [1.54, 1.807) is 25.1 Å². The number of nitrogens with zero attached hydrogens (tertiary/aromatic N) is 2. The molecule has 1 amide bonds. The first-order valence-electron chi connectivity index (χ1n) is 9.40. The minimum absolute atomic E-state index is 0.0961. The van der Waals surface area contributed by atoms with E-state index in [0.29, 0.717) is 28.7 Å². The number of aliphatic imine (C=N–C) groups is 1. The predicted molar refractivity (Wildman–Crippen MR) is 107 cm³/mol. The summed E-state index contributed by atoms with van der Waals surface area (Å²) >= 11 is 0. The zero-order valence-corrected chi connectivity index (χ0v) is 16.3. The lowest BCUT2D eigenvalue weighted by Gasteiger charge is -2.16. The first-order valence-corrected chi connectivity index (χ1v) is 9.40. The minimum atomic E-state index is -1.08. The van der Waals surface area contributed by atoms with Crippen molar-refractivity contribution >= 4 is 34.6 Å². The number of carbonyl (C=O) groups excluding carboxylic acids is 2. The van der Waals surface area contributed by atoms with Crippen LogP contribution in [0.5, 0.6) is 0 Å². The number of hydrogen-bond donors (Lipinski definition) is 2. The molecule has 7 nitrogen and oxygen atoms in total. The lowest BCUT2D eigenvalue weighted by Crippen LogP contribution is -2.20. The number of fused-ring (bicyclic) bond motifs is 2. The predicted octanol–water partition coefficient (Wildman–Crippen LogP) is 4.22. The molecular weight excluding hydrogens is 394 g/mol. The maximum Gasteiger partial charge on any atom is 0.414 e. The van der Waals surface area contributed by atoms with Gasteiger partial charge in [0.15, 0.2) is 17.4 Å². The molecule has 2 heterocycles. The minimum Gasteiger partial charge on any atom is -0.446 e. The number of ether oxygens (including phenoxy) is 1. The SMILES string of the molecule is CCC(C)OC(=O)Nc1nc2ccc(C3=NCC(=O)c4cc(F)c(F)cc43)cc2[nH]1. The molecule has 1 aromatic heterocycles. The van der Waals surface area contributed by atoms with E-state index in [0.717, 1.165) is 12.1 Å². The molecule has 0 bridgehead atoms. The number of benzene rings is 2. The molecule has 4 rings (SSSR count). The molecule has 0 aliphatic carbocycles. The van der Waals surface area contributed by atoms with Crippen molar-refractivity contribution in [1.29, 1.82) is 0 Å². The van der Waals surface area contributed by atoms with Crippen molar-refractivity contribution in [3.8, 4) is 0 Å². The van der Waals surface area contributed by atoms with Crippen LogP contribution >= 0.6 is 0 Å². The monoisotopic (exact) mass is 412 g/mol. The summed E-state index contributed by atoms with van der Waals surface area (Å²) in [5.41, 5.74) is 2.48. The standard InChI is InChI=1S/C21H18F2N4O3/c1-3-10(2)30-21(29)27-20-25-16-5-4-11(6-17(16)26-20)19-13-8-15(23)14(22)7-12(13)18(28)9-24-19/h4-8,10H,3,9H2,1-2H3,(H2,25,26,27,29). The molecule has 0 saturated carbocycles. The Labute approximate surface area is 170 Å². The average Bonchev–Trinajstić information content (AvgIpc) is 3.10. The van der Waals surface area contributed by atoms with Crippen LogP contribution in [0.25, 0.3) is 11.0 Å². The molecule has 3 aromatic rings. The molecule has 1 aliphatic heterocycles. The van der Waals surface area contributed by atoms with Crippen molar-refractivity contribution in [3.05, 3.63) is 58.7 Å². The Bertz CT molecular complexity index is 1200. The highest BCUT2D eigenvalue weighted by atomic mass is 19.2. The highest BCUT2D eigenvalue weighted by Gasteiger charge is 2.24. The molecule has 2 N–H and O–H groups in total. The molecule has 9 heteroatoms. The largest absolute Gasteiger partial charge is 0.446 e. The number of carbonyl (C=O) groups is 2. The number of ketones is 1. The second-order valence-electron chi connectivity index (χ2n) is 6.97. The number of halogens is 2. The topological polar surface area (TPSA) is 96.4 Å². The quantitative estimate of drug-likeness (QED) is 0.671. The first-order chi connectivity index (χ1) is 14.4. The first kappa shape index (κ1) is 19.7. The summed E-state index contributed by atoms with van der Waals surface area (Å²) < 4.78 is 32.6. The van der Waals surface area contributed by atoms with Gasteiger partial charge in [-0.3, -0.25) is 15.1 Å². The van der Waals surface area contributed by atoms with Crippen LogP contribution in [0, 0.1) is 11.6 Å². The van der Waals surface area contributed by atoms with Gasteiger partial charge < -0.3 is 9.72 Å². The maximum atomic E-state index is 13.8.